The van der Waals surface area contributed by atoms with Gasteiger partial charge in [0.05, 0.1) is 0 Å². The Kier molecular flexibility index (Phi) is 4.87. The highest BCUT2D eigenvalue weighted by molar-refractivity contribution is 6.35. The SMILES string of the molecule is CC(=O)C(C)=O.Oc1cc(O)cc(O)c1. The third-order valence-electron chi connectivity index (χ3n) is 1.38. The van der Waals surface area contributed by atoms with Gasteiger partial charge in [-0.15, -0.1) is 0 Å². The van der Waals surface area contributed by atoms with Crippen molar-refractivity contribution in [1.29, 1.82) is 0 Å². The van der Waals surface area contributed by atoms with Crippen molar-refractivity contribution in [2.45, 2.75) is 13.8 Å². The first-order chi connectivity index (χ1) is 6.82. The van der Waals surface area contributed by atoms with Crippen molar-refractivity contribution in [3.05, 3.63) is 18.2 Å². The monoisotopic (exact) mass is 212 g/mol. The Morgan fingerprint density at radius 1 is 0.800 bits per heavy atom. The molecule has 3 N–H and O–H groups in total. The van der Waals surface area contributed by atoms with E-state index >= 15 is 0 Å². The lowest BCUT2D eigenvalue weighted by Gasteiger charge is -1.94. The number of phenolic OH excluding ortho intramolecular Hbond substituents is 3. The number of hydrogen-bond acceptors (Lipinski definition) is 5. The summed E-state index contributed by atoms with van der Waals surface area (Å²) in [5.74, 6) is -1.20. The lowest BCUT2D eigenvalue weighted by molar-refractivity contribution is -0.134. The summed E-state index contributed by atoms with van der Waals surface area (Å²) < 4.78 is 0. The lowest BCUT2D eigenvalue weighted by Crippen LogP contribution is -2.01. The zero-order valence-corrected chi connectivity index (χ0v) is 8.39. The maximum Gasteiger partial charge on any atom is 0.195 e. The lowest BCUT2D eigenvalue weighted by atomic mass is 10.3. The fourth-order valence-corrected chi connectivity index (χ4v) is 0.580. The van der Waals surface area contributed by atoms with Crippen LogP contribution in [0.15, 0.2) is 18.2 Å². The van der Waals surface area contributed by atoms with Crippen LogP contribution < -0.4 is 0 Å². The van der Waals surface area contributed by atoms with E-state index in [1.165, 1.54) is 13.8 Å². The maximum absolute atomic E-state index is 9.79. The summed E-state index contributed by atoms with van der Waals surface area (Å²) in [4.78, 5) is 19.6. The van der Waals surface area contributed by atoms with Crippen LogP contribution in [0, 0.1) is 0 Å². The Hall–Kier alpha value is -2.04. The van der Waals surface area contributed by atoms with E-state index in [-0.39, 0.29) is 28.8 Å². The molecule has 0 saturated carbocycles. The first-order valence-electron chi connectivity index (χ1n) is 4.06. The van der Waals surface area contributed by atoms with E-state index in [1.807, 2.05) is 0 Å². The molecule has 15 heavy (non-hydrogen) atoms. The number of benzene rings is 1. The minimum atomic E-state index is -0.380. The minimum absolute atomic E-state index is 0.146. The smallest absolute Gasteiger partial charge is 0.195 e. The molecule has 0 heterocycles. The van der Waals surface area contributed by atoms with Crippen molar-refractivity contribution in [1.82, 2.24) is 0 Å². The van der Waals surface area contributed by atoms with Crippen LogP contribution in [0.3, 0.4) is 0 Å². The van der Waals surface area contributed by atoms with Gasteiger partial charge in [-0.05, 0) is 0 Å². The molecule has 0 unspecified atom stereocenters. The van der Waals surface area contributed by atoms with Crippen molar-refractivity contribution in [2.24, 2.45) is 0 Å². The van der Waals surface area contributed by atoms with Crippen LogP contribution >= 0.6 is 0 Å². The van der Waals surface area contributed by atoms with Crippen molar-refractivity contribution >= 4 is 11.6 Å². The van der Waals surface area contributed by atoms with Gasteiger partial charge < -0.3 is 15.3 Å². The predicted octanol–water partition coefficient (Wildman–Crippen LogP) is 0.968. The van der Waals surface area contributed by atoms with Gasteiger partial charge in [-0.25, -0.2) is 0 Å². The van der Waals surface area contributed by atoms with Crippen LogP contribution in [0.1, 0.15) is 13.8 Å². The quantitative estimate of drug-likeness (QED) is 0.603. The van der Waals surface area contributed by atoms with Gasteiger partial charge in [0.15, 0.2) is 11.6 Å². The average Bonchev–Trinajstić information content (AvgIpc) is 2.01. The van der Waals surface area contributed by atoms with Crippen molar-refractivity contribution in [2.75, 3.05) is 0 Å². The second kappa shape index (κ2) is 5.64. The first-order valence-corrected chi connectivity index (χ1v) is 4.06. The molecule has 1 aromatic carbocycles. The van der Waals surface area contributed by atoms with Gasteiger partial charge in [-0.2, -0.15) is 0 Å². The van der Waals surface area contributed by atoms with Crippen LogP contribution in [0.25, 0.3) is 0 Å². The van der Waals surface area contributed by atoms with Gasteiger partial charge >= 0.3 is 0 Å². The topological polar surface area (TPSA) is 94.8 Å². The normalized spacial score (nSPS) is 8.67. The van der Waals surface area contributed by atoms with E-state index < -0.39 is 0 Å². The number of aromatic hydroxyl groups is 3. The van der Waals surface area contributed by atoms with E-state index in [1.54, 1.807) is 0 Å². The molecule has 0 atom stereocenters. The number of carbonyl (C=O) groups excluding carboxylic acids is 2. The molecule has 0 aliphatic carbocycles. The van der Waals surface area contributed by atoms with Crippen molar-refractivity contribution < 1.29 is 24.9 Å². The highest BCUT2D eigenvalue weighted by Crippen LogP contribution is 2.23. The third-order valence-corrected chi connectivity index (χ3v) is 1.38. The van der Waals surface area contributed by atoms with E-state index in [9.17, 15) is 9.59 Å². The van der Waals surface area contributed by atoms with Gasteiger partial charge in [0.2, 0.25) is 0 Å². The fourth-order valence-electron chi connectivity index (χ4n) is 0.580. The Morgan fingerprint density at radius 2 is 1.00 bits per heavy atom. The minimum Gasteiger partial charge on any atom is -0.508 e. The molecule has 5 heteroatoms. The molecule has 0 amide bonds. The van der Waals surface area contributed by atoms with Gasteiger partial charge in [0.25, 0.3) is 0 Å². The molecular formula is C10H12O5. The highest BCUT2D eigenvalue weighted by atomic mass is 16.3. The number of carbonyl (C=O) groups is 2. The van der Waals surface area contributed by atoms with Crippen molar-refractivity contribution in [3.8, 4) is 17.2 Å². The van der Waals surface area contributed by atoms with Crippen LogP contribution in [0.5, 0.6) is 17.2 Å². The van der Waals surface area contributed by atoms with Gasteiger partial charge in [0.1, 0.15) is 17.2 Å². The number of ketones is 2. The molecule has 0 radical (unpaired) electrons. The third kappa shape index (κ3) is 6.09. The Balaban J connectivity index is 0.000000288. The van der Waals surface area contributed by atoms with Crippen LogP contribution in [0.2, 0.25) is 0 Å². The fraction of sp³-hybridized carbons (Fsp3) is 0.200. The van der Waals surface area contributed by atoms with Gasteiger partial charge in [0, 0.05) is 32.0 Å². The van der Waals surface area contributed by atoms with Crippen molar-refractivity contribution in [3.63, 3.8) is 0 Å². The molecule has 1 rings (SSSR count). The molecule has 5 nitrogen and oxygen atoms in total. The predicted molar refractivity (Wildman–Crippen MR) is 52.8 cm³/mol. The second-order valence-electron chi connectivity index (χ2n) is 2.82. The molecular weight excluding hydrogens is 200 g/mol. The molecule has 0 aliphatic rings. The first kappa shape index (κ1) is 13.0. The molecule has 0 aliphatic heterocycles. The molecule has 1 aromatic rings. The van der Waals surface area contributed by atoms with E-state index in [2.05, 4.69) is 0 Å². The van der Waals surface area contributed by atoms with Crippen LogP contribution in [0.4, 0.5) is 0 Å². The molecule has 0 bridgehead atoms. The van der Waals surface area contributed by atoms with Crippen LogP contribution in [-0.4, -0.2) is 26.9 Å². The molecule has 82 valence electrons. The zero-order valence-electron chi connectivity index (χ0n) is 8.39. The van der Waals surface area contributed by atoms with Gasteiger partial charge in [-0.3, -0.25) is 9.59 Å². The Bertz CT molecular complexity index is 308. The van der Waals surface area contributed by atoms with Gasteiger partial charge in [-0.1, -0.05) is 0 Å². The number of phenols is 3. The number of rotatable bonds is 1. The summed E-state index contributed by atoms with van der Waals surface area (Å²) in [6.07, 6.45) is 0. The summed E-state index contributed by atoms with van der Waals surface area (Å²) in [6.45, 7) is 2.50. The highest BCUT2D eigenvalue weighted by Gasteiger charge is 1.94. The average molecular weight is 212 g/mol. The standard InChI is InChI=1S/C6H6O3.C4H6O2/c7-4-1-5(8)3-6(9)2-4;1-3(5)4(2)6/h1-3,7-9H;1-2H3. The van der Waals surface area contributed by atoms with Crippen LogP contribution in [-0.2, 0) is 9.59 Å². The number of Topliss-reactive ketones (excluding diaryl/α,β-unsaturated/α-hetero) is 2. The maximum atomic E-state index is 9.79. The number of hydrogen-bond donors (Lipinski definition) is 3. The molecule has 0 saturated heterocycles. The summed E-state index contributed by atoms with van der Waals surface area (Å²) in [5, 5.41) is 26.0. The Morgan fingerprint density at radius 3 is 1.13 bits per heavy atom. The molecule has 0 aromatic heterocycles. The summed E-state index contributed by atoms with van der Waals surface area (Å²) in [6, 6.07) is 3.42. The molecule has 0 spiro atoms. The zero-order chi connectivity index (χ0) is 12.0. The molecule has 0 fully saturated rings. The summed E-state index contributed by atoms with van der Waals surface area (Å²) >= 11 is 0. The van der Waals surface area contributed by atoms with E-state index in [4.69, 9.17) is 15.3 Å². The summed E-state index contributed by atoms with van der Waals surface area (Å²) in [5.41, 5.74) is 0. The Labute approximate surface area is 86.6 Å². The summed E-state index contributed by atoms with van der Waals surface area (Å²) in [7, 11) is 0. The second-order valence-corrected chi connectivity index (χ2v) is 2.82. The van der Waals surface area contributed by atoms with E-state index in [0.717, 1.165) is 18.2 Å². The largest absolute Gasteiger partial charge is 0.508 e. The van der Waals surface area contributed by atoms with E-state index in [0.29, 0.717) is 0 Å².